The highest BCUT2D eigenvalue weighted by molar-refractivity contribution is 5.99. The van der Waals surface area contributed by atoms with Crippen molar-refractivity contribution in [2.24, 2.45) is 16.5 Å². The number of amides is 2. The summed E-state index contributed by atoms with van der Waals surface area (Å²) in [6.07, 6.45) is 2.06. The smallest absolute Gasteiger partial charge is 0.306 e. The molecule has 0 aliphatic carbocycles. The van der Waals surface area contributed by atoms with Crippen LogP contribution in [-0.2, 0) is 20.7 Å². The van der Waals surface area contributed by atoms with Crippen LogP contribution >= 0.6 is 0 Å². The molecule has 0 radical (unpaired) electrons. The van der Waals surface area contributed by atoms with Crippen molar-refractivity contribution in [1.82, 2.24) is 10.3 Å². The predicted molar refractivity (Wildman–Crippen MR) is 112 cm³/mol. The Morgan fingerprint density at radius 1 is 1.17 bits per heavy atom. The summed E-state index contributed by atoms with van der Waals surface area (Å²) >= 11 is 0. The van der Waals surface area contributed by atoms with Gasteiger partial charge in [0.2, 0.25) is 5.91 Å². The Morgan fingerprint density at radius 2 is 1.97 bits per heavy atom. The van der Waals surface area contributed by atoms with Gasteiger partial charge in [-0.2, -0.15) is 0 Å². The van der Waals surface area contributed by atoms with Gasteiger partial charge in [0.25, 0.3) is 5.91 Å². The molecule has 0 atom stereocenters. The van der Waals surface area contributed by atoms with E-state index in [9.17, 15) is 14.4 Å². The Balaban J connectivity index is 1.93. The molecule has 0 aliphatic heterocycles. The van der Waals surface area contributed by atoms with E-state index in [1.807, 2.05) is 0 Å². The van der Waals surface area contributed by atoms with Gasteiger partial charge in [0.05, 0.1) is 18.8 Å². The van der Waals surface area contributed by atoms with Gasteiger partial charge in [-0.05, 0) is 43.2 Å². The number of guanidine groups is 1. The third-order valence-corrected chi connectivity index (χ3v) is 3.83. The molecule has 30 heavy (non-hydrogen) atoms. The van der Waals surface area contributed by atoms with Gasteiger partial charge in [-0.1, -0.05) is 12.1 Å². The molecule has 0 unspecified atom stereocenters. The maximum Gasteiger partial charge on any atom is 0.306 e. The lowest BCUT2D eigenvalue weighted by atomic mass is 10.1. The Kier molecular flexibility index (Phi) is 8.30. The first kappa shape index (κ1) is 22.3. The third-order valence-electron chi connectivity index (χ3n) is 3.83. The number of aryl methyl sites for hydroxylation is 1. The molecule has 10 nitrogen and oxygen atoms in total. The minimum absolute atomic E-state index is 0.124. The first-order valence-corrected chi connectivity index (χ1v) is 9.26. The number of rotatable bonds is 9. The van der Waals surface area contributed by atoms with E-state index in [1.165, 1.54) is 12.3 Å². The summed E-state index contributed by atoms with van der Waals surface area (Å²) in [6, 6.07) is 9.81. The number of nitrogens with zero attached hydrogens (tertiary/aromatic N) is 2. The van der Waals surface area contributed by atoms with Crippen LogP contribution in [0.5, 0.6) is 0 Å². The number of ether oxygens (including phenoxy) is 1. The van der Waals surface area contributed by atoms with E-state index >= 15 is 0 Å². The van der Waals surface area contributed by atoms with E-state index < -0.39 is 11.8 Å². The SMILES string of the molecule is CCOC(=O)CCc1cccnc1NC(=O)CNC(=O)c1cccc(N=C(N)N)c1. The monoisotopic (exact) mass is 412 g/mol. The molecule has 10 heteroatoms. The minimum atomic E-state index is -0.459. The highest BCUT2D eigenvalue weighted by Gasteiger charge is 2.12. The Hall–Kier alpha value is -3.95. The number of aliphatic imine (C=N–C) groups is 1. The van der Waals surface area contributed by atoms with Crippen LogP contribution in [0.15, 0.2) is 47.6 Å². The molecule has 0 spiro atoms. The van der Waals surface area contributed by atoms with Crippen LogP contribution in [0.25, 0.3) is 0 Å². The van der Waals surface area contributed by atoms with Crippen molar-refractivity contribution in [1.29, 1.82) is 0 Å². The van der Waals surface area contributed by atoms with Crippen LogP contribution in [0.1, 0.15) is 29.3 Å². The van der Waals surface area contributed by atoms with E-state index in [1.54, 1.807) is 37.3 Å². The summed E-state index contributed by atoms with van der Waals surface area (Å²) in [5, 5.41) is 5.16. The van der Waals surface area contributed by atoms with Crippen LogP contribution in [0.2, 0.25) is 0 Å². The van der Waals surface area contributed by atoms with Gasteiger partial charge in [-0.15, -0.1) is 0 Å². The number of carbonyl (C=O) groups is 3. The quantitative estimate of drug-likeness (QED) is 0.269. The van der Waals surface area contributed by atoms with Gasteiger partial charge in [-0.3, -0.25) is 14.4 Å². The highest BCUT2D eigenvalue weighted by Crippen LogP contribution is 2.15. The lowest BCUT2D eigenvalue weighted by Gasteiger charge is -2.10. The third kappa shape index (κ3) is 7.23. The Labute approximate surface area is 173 Å². The second-order valence-electron chi connectivity index (χ2n) is 6.13. The van der Waals surface area contributed by atoms with Crippen molar-refractivity contribution in [3.05, 3.63) is 53.7 Å². The first-order chi connectivity index (χ1) is 14.4. The van der Waals surface area contributed by atoms with Crippen LogP contribution in [0, 0.1) is 0 Å². The molecule has 1 aromatic heterocycles. The lowest BCUT2D eigenvalue weighted by molar-refractivity contribution is -0.143. The topological polar surface area (TPSA) is 162 Å². The number of anilines is 1. The van der Waals surface area contributed by atoms with Crippen molar-refractivity contribution in [2.45, 2.75) is 19.8 Å². The highest BCUT2D eigenvalue weighted by atomic mass is 16.5. The second-order valence-corrected chi connectivity index (χ2v) is 6.13. The molecule has 6 N–H and O–H groups in total. The summed E-state index contributed by atoms with van der Waals surface area (Å²) in [5.41, 5.74) is 12.1. The molecule has 2 aromatic rings. The number of nitrogens with two attached hydrogens (primary N) is 2. The zero-order valence-corrected chi connectivity index (χ0v) is 16.6. The largest absolute Gasteiger partial charge is 0.466 e. The summed E-state index contributed by atoms with van der Waals surface area (Å²) in [6.45, 7) is 1.78. The average molecular weight is 412 g/mol. The fourth-order valence-corrected chi connectivity index (χ4v) is 2.53. The molecule has 2 amide bonds. The second kappa shape index (κ2) is 11.1. The van der Waals surface area contributed by atoms with Gasteiger partial charge in [0, 0.05) is 18.2 Å². The number of aromatic nitrogens is 1. The number of carbonyl (C=O) groups excluding carboxylic acids is 3. The predicted octanol–water partition coefficient (Wildman–Crippen LogP) is 0.851. The maximum atomic E-state index is 12.3. The molecular formula is C20H24N6O4. The average Bonchev–Trinajstić information content (AvgIpc) is 2.71. The zero-order chi connectivity index (χ0) is 21.9. The summed E-state index contributed by atoms with van der Waals surface area (Å²) in [4.78, 5) is 44.1. The van der Waals surface area contributed by atoms with Gasteiger partial charge < -0.3 is 26.8 Å². The van der Waals surface area contributed by atoms with Crippen molar-refractivity contribution in [2.75, 3.05) is 18.5 Å². The summed E-state index contributed by atoms with van der Waals surface area (Å²) in [7, 11) is 0. The van der Waals surface area contributed by atoms with Gasteiger partial charge in [0.15, 0.2) is 5.96 Å². The summed E-state index contributed by atoms with van der Waals surface area (Å²) in [5.74, 6) is -1.04. The zero-order valence-electron chi connectivity index (χ0n) is 16.6. The van der Waals surface area contributed by atoms with Crippen molar-refractivity contribution >= 4 is 35.2 Å². The van der Waals surface area contributed by atoms with Gasteiger partial charge in [0.1, 0.15) is 5.82 Å². The van der Waals surface area contributed by atoms with E-state index in [-0.39, 0.29) is 24.9 Å². The number of hydrogen-bond acceptors (Lipinski definition) is 6. The molecule has 0 fully saturated rings. The van der Waals surface area contributed by atoms with Crippen LogP contribution in [0.4, 0.5) is 11.5 Å². The standard InChI is InChI=1S/C20H24N6O4/c1-2-30-17(28)9-8-13-6-4-10-23-18(13)26-16(27)12-24-19(29)14-5-3-7-15(11-14)25-20(21)22/h3-7,10-11H,2,8-9,12H2,1H3,(H,24,29)(H4,21,22,25)(H,23,26,27). The molecule has 0 aliphatic rings. The Morgan fingerprint density at radius 3 is 2.70 bits per heavy atom. The normalized spacial score (nSPS) is 10.0. The van der Waals surface area contributed by atoms with Gasteiger partial charge >= 0.3 is 5.97 Å². The van der Waals surface area contributed by atoms with Crippen LogP contribution in [0.3, 0.4) is 0 Å². The van der Waals surface area contributed by atoms with Crippen molar-refractivity contribution in [3.8, 4) is 0 Å². The van der Waals surface area contributed by atoms with E-state index in [4.69, 9.17) is 16.2 Å². The first-order valence-electron chi connectivity index (χ1n) is 9.26. The number of pyridine rings is 1. The maximum absolute atomic E-state index is 12.3. The van der Waals surface area contributed by atoms with Gasteiger partial charge in [-0.25, -0.2) is 9.98 Å². The molecule has 158 valence electrons. The molecular weight excluding hydrogens is 388 g/mol. The summed E-state index contributed by atoms with van der Waals surface area (Å²) < 4.78 is 4.90. The molecule has 1 heterocycles. The van der Waals surface area contributed by atoms with E-state index in [0.29, 0.717) is 35.7 Å². The van der Waals surface area contributed by atoms with Crippen molar-refractivity contribution in [3.63, 3.8) is 0 Å². The fourth-order valence-electron chi connectivity index (χ4n) is 2.53. The number of hydrogen-bond donors (Lipinski definition) is 4. The molecule has 0 bridgehead atoms. The lowest BCUT2D eigenvalue weighted by Crippen LogP contribution is -2.33. The number of esters is 1. The molecule has 0 saturated heterocycles. The number of nitrogens with one attached hydrogen (secondary N) is 2. The van der Waals surface area contributed by atoms with Crippen LogP contribution < -0.4 is 22.1 Å². The molecule has 0 saturated carbocycles. The Bertz CT molecular complexity index is 940. The fraction of sp³-hybridized carbons (Fsp3) is 0.250. The minimum Gasteiger partial charge on any atom is -0.466 e. The molecule has 1 aromatic carbocycles. The van der Waals surface area contributed by atoms with Crippen molar-refractivity contribution < 1.29 is 19.1 Å². The van der Waals surface area contributed by atoms with E-state index in [2.05, 4.69) is 20.6 Å². The number of benzene rings is 1. The molecule has 2 rings (SSSR count). The van der Waals surface area contributed by atoms with E-state index in [0.717, 1.165) is 0 Å². The van der Waals surface area contributed by atoms with Crippen LogP contribution in [-0.4, -0.2) is 41.9 Å².